The number of amides is 3. The van der Waals surface area contributed by atoms with Gasteiger partial charge in [-0.2, -0.15) is 0 Å². The number of ether oxygens (including phenoxy) is 1. The summed E-state index contributed by atoms with van der Waals surface area (Å²) >= 11 is 3.35. The molecule has 2 aromatic rings. The van der Waals surface area contributed by atoms with Gasteiger partial charge in [0.25, 0.3) is 11.8 Å². The van der Waals surface area contributed by atoms with Crippen molar-refractivity contribution in [1.82, 2.24) is 15.2 Å². The van der Waals surface area contributed by atoms with Gasteiger partial charge in [0, 0.05) is 17.2 Å². The van der Waals surface area contributed by atoms with Crippen molar-refractivity contribution in [1.29, 1.82) is 0 Å². The number of hydrogen-bond donors (Lipinski definition) is 2. The third kappa shape index (κ3) is 3.57. The smallest absolute Gasteiger partial charge is 0.342 e. The van der Waals surface area contributed by atoms with Crippen molar-refractivity contribution in [3.05, 3.63) is 58.3 Å². The molecular weight excluding hydrogens is 430 g/mol. The molecule has 1 fully saturated rings. The highest BCUT2D eigenvalue weighted by Gasteiger charge is 2.56. The molecular formula is C19H18BrN3O5. The van der Waals surface area contributed by atoms with Crippen LogP contribution in [0.2, 0.25) is 0 Å². The third-order valence-corrected chi connectivity index (χ3v) is 4.95. The summed E-state index contributed by atoms with van der Waals surface area (Å²) in [5.74, 6) is -2.78. The summed E-state index contributed by atoms with van der Waals surface area (Å²) in [5.41, 5.74) is -0.973. The van der Waals surface area contributed by atoms with Gasteiger partial charge in [-0.15, -0.1) is 0 Å². The molecule has 1 saturated heterocycles. The molecule has 3 rings (SSSR count). The molecule has 9 heteroatoms. The Morgan fingerprint density at radius 3 is 2.57 bits per heavy atom. The fourth-order valence-electron chi connectivity index (χ4n) is 3.07. The van der Waals surface area contributed by atoms with Gasteiger partial charge in [0.15, 0.2) is 0 Å². The maximum atomic E-state index is 12.7. The predicted molar refractivity (Wildman–Crippen MR) is 102 cm³/mol. The van der Waals surface area contributed by atoms with Crippen LogP contribution in [0.25, 0.3) is 0 Å². The molecule has 1 aliphatic heterocycles. The highest BCUT2D eigenvalue weighted by molar-refractivity contribution is 9.10. The number of benzene rings is 1. The van der Waals surface area contributed by atoms with Gasteiger partial charge in [-0.25, -0.2) is 4.79 Å². The van der Waals surface area contributed by atoms with Crippen molar-refractivity contribution < 1.29 is 23.9 Å². The molecule has 3 amide bonds. The van der Waals surface area contributed by atoms with Crippen LogP contribution in [0, 0.1) is 0 Å². The van der Waals surface area contributed by atoms with Crippen LogP contribution in [-0.2, 0) is 31.2 Å². The maximum Gasteiger partial charge on any atom is 0.342 e. The molecule has 2 N–H and O–H groups in total. The van der Waals surface area contributed by atoms with Crippen LogP contribution in [0.5, 0.6) is 0 Å². The number of nitrogens with one attached hydrogen (secondary N) is 2. The van der Waals surface area contributed by atoms with Crippen LogP contribution in [0.4, 0.5) is 0 Å². The molecule has 0 radical (unpaired) electrons. The molecule has 1 atom stereocenters. The summed E-state index contributed by atoms with van der Waals surface area (Å²) in [6.45, 7) is 1.89. The van der Waals surface area contributed by atoms with E-state index >= 15 is 0 Å². The lowest BCUT2D eigenvalue weighted by molar-refractivity contribution is -0.157. The second-order valence-electron chi connectivity index (χ2n) is 6.21. The zero-order chi connectivity index (χ0) is 20.3. The molecule has 0 aliphatic carbocycles. The predicted octanol–water partition coefficient (Wildman–Crippen LogP) is 1.49. The standard InChI is InChI=1S/C19H18BrN3O5/c1-2-28-18(27)19(10-15(24)22-17(19)26)23-9-3-4-14(23)16(25)21-11-12-5-7-13(20)8-6-12/h3-9H,2,10-11H2,1H3,(H,21,25)(H,22,24,26)/t19-/m1/s1. The van der Waals surface area contributed by atoms with E-state index in [9.17, 15) is 19.2 Å². The first kappa shape index (κ1) is 19.8. The molecule has 2 heterocycles. The van der Waals surface area contributed by atoms with Crippen LogP contribution < -0.4 is 10.6 Å². The van der Waals surface area contributed by atoms with Crippen molar-refractivity contribution in [2.45, 2.75) is 25.4 Å². The van der Waals surface area contributed by atoms with Crippen molar-refractivity contribution in [3.8, 4) is 0 Å². The zero-order valence-electron chi connectivity index (χ0n) is 15.0. The summed E-state index contributed by atoms with van der Waals surface area (Å²) in [6, 6.07) is 10.4. The molecule has 146 valence electrons. The van der Waals surface area contributed by atoms with Crippen LogP contribution in [-0.4, -0.2) is 34.9 Å². The summed E-state index contributed by atoms with van der Waals surface area (Å²) in [7, 11) is 0. The summed E-state index contributed by atoms with van der Waals surface area (Å²) in [6.07, 6.45) is 0.996. The lowest BCUT2D eigenvalue weighted by Gasteiger charge is -2.26. The Kier molecular flexibility index (Phi) is 5.64. The molecule has 1 aliphatic rings. The first-order valence-corrected chi connectivity index (χ1v) is 9.39. The van der Waals surface area contributed by atoms with Gasteiger partial charge in [0.1, 0.15) is 5.69 Å². The third-order valence-electron chi connectivity index (χ3n) is 4.42. The number of nitrogens with zero attached hydrogens (tertiary/aromatic N) is 1. The zero-order valence-corrected chi connectivity index (χ0v) is 16.6. The Balaban J connectivity index is 1.89. The minimum atomic E-state index is -1.93. The highest BCUT2D eigenvalue weighted by Crippen LogP contribution is 2.30. The van der Waals surface area contributed by atoms with Gasteiger partial charge >= 0.3 is 5.97 Å². The van der Waals surface area contributed by atoms with E-state index in [1.54, 1.807) is 6.92 Å². The number of imide groups is 1. The van der Waals surface area contributed by atoms with E-state index in [2.05, 4.69) is 26.6 Å². The van der Waals surface area contributed by atoms with Gasteiger partial charge in [-0.05, 0) is 36.8 Å². The van der Waals surface area contributed by atoms with Crippen LogP contribution in [0.1, 0.15) is 29.4 Å². The number of rotatable bonds is 6. The normalized spacial score (nSPS) is 18.6. The van der Waals surface area contributed by atoms with Crippen molar-refractivity contribution in [2.75, 3.05) is 6.61 Å². The Morgan fingerprint density at radius 2 is 1.96 bits per heavy atom. The number of carbonyl (C=O) groups excluding carboxylic acids is 4. The molecule has 0 saturated carbocycles. The van der Waals surface area contributed by atoms with E-state index in [0.29, 0.717) is 0 Å². The van der Waals surface area contributed by atoms with Crippen LogP contribution >= 0.6 is 15.9 Å². The topological polar surface area (TPSA) is 106 Å². The van der Waals surface area contributed by atoms with Gasteiger partial charge in [0.2, 0.25) is 11.4 Å². The number of carbonyl (C=O) groups is 4. The lowest BCUT2D eigenvalue weighted by Crippen LogP contribution is -2.50. The van der Waals surface area contributed by atoms with E-state index in [4.69, 9.17) is 4.74 Å². The highest BCUT2D eigenvalue weighted by atomic mass is 79.9. The fraction of sp³-hybridized carbons (Fsp3) is 0.263. The number of hydrogen-bond acceptors (Lipinski definition) is 5. The number of halogens is 1. The molecule has 0 bridgehead atoms. The van der Waals surface area contributed by atoms with E-state index in [1.807, 2.05) is 24.3 Å². The van der Waals surface area contributed by atoms with Gasteiger partial charge in [-0.3, -0.25) is 19.7 Å². The van der Waals surface area contributed by atoms with E-state index in [0.717, 1.165) is 10.0 Å². The van der Waals surface area contributed by atoms with Gasteiger partial charge in [0.05, 0.1) is 13.0 Å². The van der Waals surface area contributed by atoms with E-state index in [-0.39, 0.29) is 18.8 Å². The van der Waals surface area contributed by atoms with Gasteiger partial charge < -0.3 is 14.6 Å². The Bertz CT molecular complexity index is 937. The van der Waals surface area contributed by atoms with E-state index in [1.165, 1.54) is 22.9 Å². The summed E-state index contributed by atoms with van der Waals surface area (Å²) in [5, 5.41) is 4.88. The largest absolute Gasteiger partial charge is 0.464 e. The van der Waals surface area contributed by atoms with Gasteiger partial charge in [-0.1, -0.05) is 28.1 Å². The Morgan fingerprint density at radius 1 is 1.25 bits per heavy atom. The number of aromatic nitrogens is 1. The Labute approximate surface area is 169 Å². The van der Waals surface area contributed by atoms with Crippen LogP contribution in [0.3, 0.4) is 0 Å². The first-order chi connectivity index (χ1) is 13.4. The monoisotopic (exact) mass is 447 g/mol. The van der Waals surface area contributed by atoms with Crippen LogP contribution in [0.15, 0.2) is 47.1 Å². The molecule has 1 aromatic heterocycles. The molecule has 8 nitrogen and oxygen atoms in total. The van der Waals surface area contributed by atoms with Crippen molar-refractivity contribution >= 4 is 39.6 Å². The average Bonchev–Trinajstić information content (AvgIpc) is 3.26. The lowest BCUT2D eigenvalue weighted by atomic mass is 9.96. The fourth-order valence-corrected chi connectivity index (χ4v) is 3.33. The minimum absolute atomic E-state index is 0.0361. The molecule has 0 spiro atoms. The first-order valence-electron chi connectivity index (χ1n) is 8.60. The number of esters is 1. The maximum absolute atomic E-state index is 12.7. The Hall–Kier alpha value is -2.94. The molecule has 0 unspecified atom stereocenters. The van der Waals surface area contributed by atoms with E-state index < -0.39 is 35.7 Å². The molecule has 28 heavy (non-hydrogen) atoms. The van der Waals surface area contributed by atoms with Crippen molar-refractivity contribution in [2.24, 2.45) is 0 Å². The van der Waals surface area contributed by atoms with Crippen molar-refractivity contribution in [3.63, 3.8) is 0 Å². The SMILES string of the molecule is CCOC(=O)[C@@]1(n2cccc2C(=O)NCc2ccc(Br)cc2)CC(=O)NC1=O. The average molecular weight is 448 g/mol. The summed E-state index contributed by atoms with van der Waals surface area (Å²) < 4.78 is 7.17. The second-order valence-corrected chi connectivity index (χ2v) is 7.12. The quantitative estimate of drug-likeness (QED) is 0.396. The minimum Gasteiger partial charge on any atom is -0.464 e. The molecule has 1 aromatic carbocycles. The summed E-state index contributed by atoms with van der Waals surface area (Å²) in [4.78, 5) is 49.7. The second kappa shape index (κ2) is 7.97.